The molecule has 0 aromatic carbocycles. The Kier molecular flexibility index (Phi) is 4.24. The van der Waals surface area contributed by atoms with Crippen molar-refractivity contribution in [3.63, 3.8) is 0 Å². The summed E-state index contributed by atoms with van der Waals surface area (Å²) in [7, 11) is 0. The highest BCUT2D eigenvalue weighted by Gasteiger charge is 2.31. The fraction of sp³-hybridized carbons (Fsp3) is 0.667. The van der Waals surface area contributed by atoms with Crippen LogP contribution in [-0.4, -0.2) is 21.1 Å². The van der Waals surface area contributed by atoms with Gasteiger partial charge in [0, 0.05) is 12.7 Å². The first kappa shape index (κ1) is 12.9. The number of hydrogen-bond acceptors (Lipinski definition) is 3. The number of hydrogen-bond donors (Lipinski definition) is 1. The van der Waals surface area contributed by atoms with E-state index in [1.54, 1.807) is 17.1 Å². The SMILES string of the molecule is CCCn1cc(C(=O)C(N)(CC)CC)cn1. The van der Waals surface area contributed by atoms with Crippen LogP contribution < -0.4 is 5.73 Å². The second kappa shape index (κ2) is 5.25. The van der Waals surface area contributed by atoms with Crippen molar-refractivity contribution < 1.29 is 4.79 Å². The summed E-state index contributed by atoms with van der Waals surface area (Å²) in [6, 6.07) is 0. The molecule has 0 amide bonds. The monoisotopic (exact) mass is 223 g/mol. The minimum absolute atomic E-state index is 0.000136. The Balaban J connectivity index is 2.87. The Morgan fingerprint density at radius 1 is 1.44 bits per heavy atom. The molecule has 0 radical (unpaired) electrons. The highest BCUT2D eigenvalue weighted by Crippen LogP contribution is 2.18. The van der Waals surface area contributed by atoms with Crippen molar-refractivity contribution in [3.05, 3.63) is 18.0 Å². The molecule has 4 heteroatoms. The van der Waals surface area contributed by atoms with E-state index in [-0.39, 0.29) is 5.78 Å². The van der Waals surface area contributed by atoms with Gasteiger partial charge in [0.05, 0.1) is 17.3 Å². The summed E-state index contributed by atoms with van der Waals surface area (Å²) in [5.74, 6) is -0.000136. The summed E-state index contributed by atoms with van der Waals surface area (Å²) < 4.78 is 1.79. The zero-order chi connectivity index (χ0) is 12.2. The highest BCUT2D eigenvalue weighted by molar-refractivity contribution is 6.02. The molecule has 0 aliphatic carbocycles. The van der Waals surface area contributed by atoms with Crippen molar-refractivity contribution in [1.29, 1.82) is 0 Å². The van der Waals surface area contributed by atoms with Gasteiger partial charge < -0.3 is 5.73 Å². The average Bonchev–Trinajstić information content (AvgIpc) is 2.76. The molecule has 1 rings (SSSR count). The molecule has 1 aromatic rings. The van der Waals surface area contributed by atoms with Crippen molar-refractivity contribution in [2.45, 2.75) is 52.1 Å². The van der Waals surface area contributed by atoms with Gasteiger partial charge in [-0.2, -0.15) is 5.10 Å². The summed E-state index contributed by atoms with van der Waals surface area (Å²) in [5.41, 5.74) is 5.96. The lowest BCUT2D eigenvalue weighted by Crippen LogP contribution is -2.46. The Morgan fingerprint density at radius 2 is 2.06 bits per heavy atom. The molecule has 1 aromatic heterocycles. The molecule has 0 aliphatic rings. The van der Waals surface area contributed by atoms with Gasteiger partial charge >= 0.3 is 0 Å². The van der Waals surface area contributed by atoms with Gasteiger partial charge in [0.1, 0.15) is 0 Å². The van der Waals surface area contributed by atoms with Gasteiger partial charge in [-0.1, -0.05) is 20.8 Å². The Bertz CT molecular complexity index is 353. The normalized spacial score (nSPS) is 11.8. The van der Waals surface area contributed by atoms with Crippen molar-refractivity contribution in [3.8, 4) is 0 Å². The molecule has 0 atom stereocenters. The number of ketones is 1. The highest BCUT2D eigenvalue weighted by atomic mass is 16.1. The maximum absolute atomic E-state index is 12.2. The van der Waals surface area contributed by atoms with E-state index in [4.69, 9.17) is 5.73 Å². The summed E-state index contributed by atoms with van der Waals surface area (Å²) >= 11 is 0. The maximum Gasteiger partial charge on any atom is 0.185 e. The topological polar surface area (TPSA) is 60.9 Å². The van der Waals surface area contributed by atoms with Crippen LogP contribution in [0.15, 0.2) is 12.4 Å². The van der Waals surface area contributed by atoms with Gasteiger partial charge in [-0.15, -0.1) is 0 Å². The molecule has 4 nitrogen and oxygen atoms in total. The second-order valence-electron chi connectivity index (χ2n) is 4.18. The molecule has 0 unspecified atom stereocenters. The van der Waals surface area contributed by atoms with Gasteiger partial charge in [0.2, 0.25) is 0 Å². The molecule has 2 N–H and O–H groups in total. The van der Waals surface area contributed by atoms with Crippen LogP contribution in [0.1, 0.15) is 50.4 Å². The number of Topliss-reactive ketones (excluding diaryl/α,β-unsaturated/α-hetero) is 1. The van der Waals surface area contributed by atoms with E-state index in [1.807, 2.05) is 13.8 Å². The van der Waals surface area contributed by atoms with E-state index < -0.39 is 5.54 Å². The van der Waals surface area contributed by atoms with Crippen LogP contribution >= 0.6 is 0 Å². The fourth-order valence-electron chi connectivity index (χ4n) is 1.69. The zero-order valence-corrected chi connectivity index (χ0v) is 10.4. The minimum atomic E-state index is -0.736. The van der Waals surface area contributed by atoms with E-state index >= 15 is 0 Å². The lowest BCUT2D eigenvalue weighted by atomic mass is 9.86. The molecule has 0 saturated carbocycles. The number of rotatable bonds is 6. The lowest BCUT2D eigenvalue weighted by Gasteiger charge is -2.23. The Hall–Kier alpha value is -1.16. The molecule has 0 fully saturated rings. The third-order valence-corrected chi connectivity index (χ3v) is 3.06. The number of carbonyl (C=O) groups excluding carboxylic acids is 1. The summed E-state index contributed by atoms with van der Waals surface area (Å²) in [4.78, 5) is 12.2. The van der Waals surface area contributed by atoms with Gasteiger partial charge in [-0.05, 0) is 19.3 Å². The van der Waals surface area contributed by atoms with E-state index in [1.165, 1.54) is 0 Å². The van der Waals surface area contributed by atoms with E-state index in [2.05, 4.69) is 12.0 Å². The molecule has 0 saturated heterocycles. The molecular formula is C12H21N3O. The van der Waals surface area contributed by atoms with E-state index in [0.29, 0.717) is 18.4 Å². The van der Waals surface area contributed by atoms with Crippen molar-refractivity contribution >= 4 is 5.78 Å². The van der Waals surface area contributed by atoms with Gasteiger partial charge in [0.15, 0.2) is 5.78 Å². The molecular weight excluding hydrogens is 202 g/mol. The van der Waals surface area contributed by atoms with Gasteiger partial charge in [-0.3, -0.25) is 9.48 Å². The number of aromatic nitrogens is 2. The first-order chi connectivity index (χ1) is 7.57. The first-order valence-corrected chi connectivity index (χ1v) is 5.93. The standard InChI is InChI=1S/C12H21N3O/c1-4-7-15-9-10(8-14-15)11(16)12(13,5-2)6-3/h8-9H,4-7,13H2,1-3H3. The summed E-state index contributed by atoms with van der Waals surface area (Å²) in [6.07, 6.45) is 5.72. The fourth-order valence-corrected chi connectivity index (χ4v) is 1.69. The molecule has 16 heavy (non-hydrogen) atoms. The van der Waals surface area contributed by atoms with Crippen LogP contribution in [0.3, 0.4) is 0 Å². The Labute approximate surface area is 96.8 Å². The number of aryl methyl sites for hydroxylation is 1. The molecule has 1 heterocycles. The van der Waals surface area contributed by atoms with Crippen LogP contribution in [0, 0.1) is 0 Å². The quantitative estimate of drug-likeness (QED) is 0.750. The van der Waals surface area contributed by atoms with E-state index in [0.717, 1.165) is 13.0 Å². The van der Waals surface area contributed by atoms with Gasteiger partial charge in [-0.25, -0.2) is 0 Å². The summed E-state index contributed by atoms with van der Waals surface area (Å²) in [5, 5.41) is 4.15. The number of nitrogens with two attached hydrogens (primary N) is 1. The second-order valence-corrected chi connectivity index (χ2v) is 4.18. The molecule has 0 bridgehead atoms. The predicted molar refractivity (Wildman–Crippen MR) is 64.3 cm³/mol. The molecule has 0 spiro atoms. The van der Waals surface area contributed by atoms with Crippen molar-refractivity contribution in [2.75, 3.05) is 0 Å². The van der Waals surface area contributed by atoms with Crippen molar-refractivity contribution in [2.24, 2.45) is 5.73 Å². The third kappa shape index (κ3) is 2.50. The zero-order valence-electron chi connectivity index (χ0n) is 10.4. The van der Waals surface area contributed by atoms with Crippen LogP contribution in [-0.2, 0) is 6.54 Å². The van der Waals surface area contributed by atoms with Crippen molar-refractivity contribution in [1.82, 2.24) is 9.78 Å². The van der Waals surface area contributed by atoms with Gasteiger partial charge in [0.25, 0.3) is 0 Å². The smallest absolute Gasteiger partial charge is 0.185 e. The number of nitrogens with zero attached hydrogens (tertiary/aromatic N) is 2. The third-order valence-electron chi connectivity index (χ3n) is 3.06. The van der Waals surface area contributed by atoms with Crippen LogP contribution in [0.2, 0.25) is 0 Å². The van der Waals surface area contributed by atoms with E-state index in [9.17, 15) is 4.79 Å². The molecule has 90 valence electrons. The lowest BCUT2D eigenvalue weighted by molar-refractivity contribution is 0.0879. The van der Waals surface area contributed by atoms with Crippen LogP contribution in [0.4, 0.5) is 0 Å². The maximum atomic E-state index is 12.2. The molecule has 0 aliphatic heterocycles. The largest absolute Gasteiger partial charge is 0.319 e. The number of carbonyl (C=O) groups is 1. The van der Waals surface area contributed by atoms with Crippen LogP contribution in [0.25, 0.3) is 0 Å². The predicted octanol–water partition coefficient (Wildman–Crippen LogP) is 1.99. The first-order valence-electron chi connectivity index (χ1n) is 5.93. The van der Waals surface area contributed by atoms with Crippen LogP contribution in [0.5, 0.6) is 0 Å². The minimum Gasteiger partial charge on any atom is -0.319 e. The Morgan fingerprint density at radius 3 is 2.56 bits per heavy atom. The summed E-state index contributed by atoms with van der Waals surface area (Å²) in [6.45, 7) is 6.80. The average molecular weight is 223 g/mol.